The molecule has 1 heteroatoms. The first-order valence-electron chi connectivity index (χ1n) is 1.93. The number of terminal acetylenes is 1. The molecule has 0 radical (unpaired) electrons. The van der Waals surface area contributed by atoms with E-state index in [1.807, 2.05) is 6.92 Å². The monoisotopic (exact) mass is 85.1 g/mol. The Labute approximate surface area is 39.5 Å². The van der Waals surface area contributed by atoms with Crippen LogP contribution < -0.4 is 5.73 Å². The molecule has 1 nitrogen and oxygen atoms in total. The Morgan fingerprint density at radius 2 is 1.83 bits per heavy atom. The maximum Gasteiger partial charge on any atom is 0.00576 e. The summed E-state index contributed by atoms with van der Waals surface area (Å²) in [5.74, 6) is 2.43. The third-order valence-corrected chi connectivity index (χ3v) is 0.204. The van der Waals surface area contributed by atoms with Crippen LogP contribution in [-0.4, -0.2) is 7.05 Å². The van der Waals surface area contributed by atoms with E-state index in [4.69, 9.17) is 6.42 Å². The summed E-state index contributed by atoms with van der Waals surface area (Å²) >= 11 is 0. The maximum atomic E-state index is 4.78. The van der Waals surface area contributed by atoms with Gasteiger partial charge in [-0.05, 0) is 7.05 Å². The van der Waals surface area contributed by atoms with Crippen molar-refractivity contribution in [1.82, 2.24) is 0 Å². The lowest BCUT2D eigenvalue weighted by Crippen LogP contribution is -1.69. The molecule has 0 unspecified atom stereocenters. The Morgan fingerprint density at radius 3 is 1.83 bits per heavy atom. The van der Waals surface area contributed by atoms with E-state index in [0.717, 1.165) is 6.42 Å². The molecule has 0 aliphatic heterocycles. The molecule has 2 N–H and O–H groups in total. The molecule has 36 valence electrons. The lowest BCUT2D eigenvalue weighted by atomic mass is 10.5. The number of hydrogen-bond acceptors (Lipinski definition) is 1. The van der Waals surface area contributed by atoms with Crippen molar-refractivity contribution in [2.75, 3.05) is 7.05 Å². The van der Waals surface area contributed by atoms with Crippen LogP contribution in [0.25, 0.3) is 0 Å². The number of hydrogen-bond donors (Lipinski definition) is 1. The fraction of sp³-hybridized carbons (Fsp3) is 0.600. The number of rotatable bonds is 0. The van der Waals surface area contributed by atoms with Gasteiger partial charge in [-0.1, -0.05) is 6.92 Å². The van der Waals surface area contributed by atoms with Gasteiger partial charge in [0.15, 0.2) is 0 Å². The van der Waals surface area contributed by atoms with Gasteiger partial charge < -0.3 is 5.73 Å². The first-order valence-corrected chi connectivity index (χ1v) is 1.93. The van der Waals surface area contributed by atoms with E-state index >= 15 is 0 Å². The molecule has 0 bridgehead atoms. The van der Waals surface area contributed by atoms with Crippen LogP contribution >= 0.6 is 0 Å². The van der Waals surface area contributed by atoms with E-state index in [-0.39, 0.29) is 0 Å². The van der Waals surface area contributed by atoms with Crippen molar-refractivity contribution in [3.63, 3.8) is 0 Å². The summed E-state index contributed by atoms with van der Waals surface area (Å²) in [6.45, 7) is 1.94. The van der Waals surface area contributed by atoms with Gasteiger partial charge in [-0.25, -0.2) is 0 Å². The standard InChI is InChI=1S/C4H6.CH5N/c1-3-4-2;1-2/h1H,4H2,2H3;2H2,1H3. The molecule has 0 saturated carbocycles. The van der Waals surface area contributed by atoms with E-state index < -0.39 is 0 Å². The normalized spacial score (nSPS) is 4.33. The van der Waals surface area contributed by atoms with Gasteiger partial charge >= 0.3 is 0 Å². The molecular weight excluding hydrogens is 74.1 g/mol. The predicted molar refractivity (Wildman–Crippen MR) is 29.2 cm³/mol. The minimum atomic E-state index is 0.847. The summed E-state index contributed by atoms with van der Waals surface area (Å²) in [5, 5.41) is 0. The van der Waals surface area contributed by atoms with Gasteiger partial charge in [-0.15, -0.1) is 12.3 Å². The SMILES string of the molecule is C#CCC.CN. The van der Waals surface area contributed by atoms with Crippen LogP contribution in [0.15, 0.2) is 0 Å². The van der Waals surface area contributed by atoms with Crippen LogP contribution in [0.3, 0.4) is 0 Å². The number of nitrogens with two attached hydrogens (primary N) is 1. The molecule has 0 atom stereocenters. The average Bonchev–Trinajstić information content (AvgIpc) is 1.72. The van der Waals surface area contributed by atoms with E-state index in [1.165, 1.54) is 7.05 Å². The summed E-state index contributed by atoms with van der Waals surface area (Å²) < 4.78 is 0. The highest BCUT2D eigenvalue weighted by Gasteiger charge is 1.43. The molecule has 0 heterocycles. The van der Waals surface area contributed by atoms with E-state index in [0.29, 0.717) is 0 Å². The molecule has 0 aromatic rings. The Hall–Kier alpha value is -0.480. The molecule has 0 saturated heterocycles. The topological polar surface area (TPSA) is 26.0 Å². The molecule has 0 rings (SSSR count). The average molecular weight is 85.2 g/mol. The van der Waals surface area contributed by atoms with E-state index in [1.54, 1.807) is 0 Å². The van der Waals surface area contributed by atoms with Crippen molar-refractivity contribution in [1.29, 1.82) is 0 Å². The second kappa shape index (κ2) is 24.2. The van der Waals surface area contributed by atoms with Gasteiger partial charge in [-0.2, -0.15) is 0 Å². The first-order chi connectivity index (χ1) is 2.91. The molecule has 0 aliphatic rings. The fourth-order valence-corrected chi connectivity index (χ4v) is 0. The van der Waals surface area contributed by atoms with Gasteiger partial charge in [-0.3, -0.25) is 0 Å². The highest BCUT2D eigenvalue weighted by atomic mass is 14.4. The largest absolute Gasteiger partial charge is 0.333 e. The van der Waals surface area contributed by atoms with Gasteiger partial charge in [0.25, 0.3) is 0 Å². The summed E-state index contributed by atoms with van der Waals surface area (Å²) in [5.41, 5.74) is 4.50. The molecule has 0 aromatic heterocycles. The van der Waals surface area contributed by atoms with Gasteiger partial charge in [0.1, 0.15) is 0 Å². The lowest BCUT2D eigenvalue weighted by Gasteiger charge is -1.52. The van der Waals surface area contributed by atoms with Crippen LogP contribution in [-0.2, 0) is 0 Å². The quantitative estimate of drug-likeness (QED) is 0.428. The Kier molecular flexibility index (Phi) is 36.8. The minimum Gasteiger partial charge on any atom is -0.333 e. The van der Waals surface area contributed by atoms with Gasteiger partial charge in [0.05, 0.1) is 0 Å². The second-order valence-electron chi connectivity index (χ2n) is 0.558. The van der Waals surface area contributed by atoms with Crippen molar-refractivity contribution in [3.8, 4) is 12.3 Å². The maximum absolute atomic E-state index is 4.78. The van der Waals surface area contributed by atoms with Crippen molar-refractivity contribution >= 4 is 0 Å². The predicted octanol–water partition coefficient (Wildman–Crippen LogP) is 0.605. The van der Waals surface area contributed by atoms with Crippen molar-refractivity contribution in [3.05, 3.63) is 0 Å². The Balaban J connectivity index is 0. The summed E-state index contributed by atoms with van der Waals surface area (Å²) in [6.07, 6.45) is 5.62. The molecular formula is C5H11N. The molecule has 0 spiro atoms. The molecule has 0 fully saturated rings. The van der Waals surface area contributed by atoms with Gasteiger partial charge in [0, 0.05) is 6.42 Å². The smallest absolute Gasteiger partial charge is 0.00576 e. The zero-order valence-electron chi connectivity index (χ0n) is 4.36. The summed E-state index contributed by atoms with van der Waals surface area (Å²) in [6, 6.07) is 0. The van der Waals surface area contributed by atoms with Crippen molar-refractivity contribution in [2.45, 2.75) is 13.3 Å². The third-order valence-electron chi connectivity index (χ3n) is 0.204. The van der Waals surface area contributed by atoms with E-state index in [2.05, 4.69) is 11.7 Å². The molecule has 6 heavy (non-hydrogen) atoms. The van der Waals surface area contributed by atoms with Crippen molar-refractivity contribution in [2.24, 2.45) is 5.73 Å². The van der Waals surface area contributed by atoms with Gasteiger partial charge in [0.2, 0.25) is 0 Å². The second-order valence-corrected chi connectivity index (χ2v) is 0.558. The zero-order valence-corrected chi connectivity index (χ0v) is 4.36. The highest BCUT2D eigenvalue weighted by molar-refractivity contribution is 4.80. The first kappa shape index (κ1) is 9.10. The molecule has 0 aliphatic carbocycles. The van der Waals surface area contributed by atoms with Crippen LogP contribution in [0.5, 0.6) is 0 Å². The summed E-state index contributed by atoms with van der Waals surface area (Å²) in [7, 11) is 1.50. The fourth-order valence-electron chi connectivity index (χ4n) is 0. The Morgan fingerprint density at radius 1 is 1.67 bits per heavy atom. The molecule has 0 aromatic carbocycles. The van der Waals surface area contributed by atoms with Crippen LogP contribution in [0.2, 0.25) is 0 Å². The zero-order chi connectivity index (χ0) is 5.41. The van der Waals surface area contributed by atoms with Crippen molar-refractivity contribution < 1.29 is 0 Å². The lowest BCUT2D eigenvalue weighted by molar-refractivity contribution is 1.28. The summed E-state index contributed by atoms with van der Waals surface area (Å²) in [4.78, 5) is 0. The van der Waals surface area contributed by atoms with E-state index in [9.17, 15) is 0 Å². The third kappa shape index (κ3) is 82.7. The Bertz CT molecular complexity index is 33.7. The van der Waals surface area contributed by atoms with Crippen LogP contribution in [0.1, 0.15) is 13.3 Å². The van der Waals surface area contributed by atoms with Crippen LogP contribution in [0.4, 0.5) is 0 Å². The van der Waals surface area contributed by atoms with Crippen LogP contribution in [0, 0.1) is 12.3 Å². The molecule has 0 amide bonds. The minimum absolute atomic E-state index is 0.847. The highest BCUT2D eigenvalue weighted by Crippen LogP contribution is 1.58.